The van der Waals surface area contributed by atoms with E-state index in [-0.39, 0.29) is 11.8 Å². The van der Waals surface area contributed by atoms with Crippen molar-refractivity contribution in [2.24, 2.45) is 13.0 Å². The monoisotopic (exact) mass is 512 g/mol. The third kappa shape index (κ3) is 5.81. The molecule has 198 valence electrons. The number of benzene rings is 2. The Morgan fingerprint density at radius 1 is 1.08 bits per heavy atom. The summed E-state index contributed by atoms with van der Waals surface area (Å²) in [5, 5.41) is 6.42. The molecule has 3 heterocycles. The molecule has 5 rings (SSSR count). The number of carbonyl (C=O) groups is 1. The van der Waals surface area contributed by atoms with Crippen molar-refractivity contribution in [3.05, 3.63) is 66.4 Å². The van der Waals surface area contributed by atoms with E-state index in [9.17, 15) is 4.79 Å². The van der Waals surface area contributed by atoms with Gasteiger partial charge >= 0.3 is 0 Å². The number of nitrogens with zero attached hydrogens (tertiary/aromatic N) is 4. The van der Waals surface area contributed by atoms with Crippen molar-refractivity contribution >= 4 is 34.4 Å². The van der Waals surface area contributed by atoms with Gasteiger partial charge in [0.25, 0.3) is 0 Å². The Kier molecular flexibility index (Phi) is 7.60. The fraction of sp³-hybridized carbons (Fsp3) is 0.367. The van der Waals surface area contributed by atoms with Crippen LogP contribution in [0.5, 0.6) is 11.5 Å². The van der Waals surface area contributed by atoms with E-state index in [0.717, 1.165) is 55.1 Å². The maximum Gasteiger partial charge on any atom is 0.228 e. The Hall–Kier alpha value is -3.91. The molecule has 2 N–H and O–H groups in total. The van der Waals surface area contributed by atoms with Crippen molar-refractivity contribution in [1.29, 1.82) is 0 Å². The number of fused-ring (bicyclic) bond motifs is 1. The van der Waals surface area contributed by atoms with Crippen LogP contribution in [0.25, 0.3) is 11.0 Å². The molecule has 0 atom stereocenters. The van der Waals surface area contributed by atoms with E-state index in [1.807, 2.05) is 35.9 Å². The number of nitrogens with one attached hydrogen (secondary N) is 2. The van der Waals surface area contributed by atoms with Gasteiger partial charge in [-0.2, -0.15) is 0 Å². The molecular formula is C30H36N6O2. The van der Waals surface area contributed by atoms with Crippen LogP contribution in [-0.4, -0.2) is 45.0 Å². The maximum atomic E-state index is 12.8. The lowest BCUT2D eigenvalue weighted by atomic mass is 9.96. The van der Waals surface area contributed by atoms with Crippen LogP contribution in [0.3, 0.4) is 0 Å². The summed E-state index contributed by atoms with van der Waals surface area (Å²) in [7, 11) is 1.99. The maximum absolute atomic E-state index is 12.8. The van der Waals surface area contributed by atoms with Gasteiger partial charge in [0, 0.05) is 37.0 Å². The van der Waals surface area contributed by atoms with Gasteiger partial charge in [-0.25, -0.2) is 9.97 Å². The molecule has 1 aliphatic rings. The topological polar surface area (TPSA) is 84.3 Å². The highest BCUT2D eigenvalue weighted by molar-refractivity contribution is 5.92. The van der Waals surface area contributed by atoms with Gasteiger partial charge < -0.3 is 24.8 Å². The molecule has 8 nitrogen and oxygen atoms in total. The molecule has 1 amide bonds. The smallest absolute Gasteiger partial charge is 0.228 e. The highest BCUT2D eigenvalue weighted by Crippen LogP contribution is 2.29. The Labute approximate surface area is 224 Å². The van der Waals surface area contributed by atoms with Crippen LogP contribution >= 0.6 is 0 Å². The van der Waals surface area contributed by atoms with Crippen LogP contribution in [0.4, 0.5) is 17.5 Å². The van der Waals surface area contributed by atoms with E-state index >= 15 is 0 Å². The van der Waals surface area contributed by atoms with E-state index in [0.29, 0.717) is 23.2 Å². The lowest BCUT2D eigenvalue weighted by Gasteiger charge is -2.30. The summed E-state index contributed by atoms with van der Waals surface area (Å²) >= 11 is 0. The number of aryl methyl sites for hydroxylation is 1. The molecule has 0 spiro atoms. The number of likely N-dealkylation sites (tertiary alicyclic amines) is 1. The molecule has 38 heavy (non-hydrogen) atoms. The fourth-order valence-corrected chi connectivity index (χ4v) is 4.88. The number of imidazole rings is 1. The van der Waals surface area contributed by atoms with E-state index in [1.165, 1.54) is 5.56 Å². The second kappa shape index (κ2) is 11.2. The summed E-state index contributed by atoms with van der Waals surface area (Å²) in [6.45, 7) is 9.48. The third-order valence-corrected chi connectivity index (χ3v) is 7.29. The van der Waals surface area contributed by atoms with Crippen molar-refractivity contribution < 1.29 is 9.53 Å². The van der Waals surface area contributed by atoms with Crippen LogP contribution in [0.1, 0.15) is 45.1 Å². The summed E-state index contributed by atoms with van der Waals surface area (Å²) in [6.07, 6.45) is 3.40. The first-order valence-electron chi connectivity index (χ1n) is 13.4. The molecule has 1 aliphatic heterocycles. The third-order valence-electron chi connectivity index (χ3n) is 7.29. The van der Waals surface area contributed by atoms with Gasteiger partial charge in [0.05, 0.1) is 11.0 Å². The fourth-order valence-electron chi connectivity index (χ4n) is 4.88. The minimum absolute atomic E-state index is 0.0198. The van der Waals surface area contributed by atoms with Gasteiger partial charge in [-0.15, -0.1) is 0 Å². The summed E-state index contributed by atoms with van der Waals surface area (Å²) in [6, 6.07) is 17.8. The predicted octanol–water partition coefficient (Wildman–Crippen LogP) is 6.30. The van der Waals surface area contributed by atoms with Crippen molar-refractivity contribution in [2.45, 2.75) is 39.5 Å². The van der Waals surface area contributed by atoms with Crippen LogP contribution < -0.4 is 15.4 Å². The van der Waals surface area contributed by atoms with E-state index in [4.69, 9.17) is 9.72 Å². The zero-order chi connectivity index (χ0) is 26.6. The number of piperidine rings is 1. The highest BCUT2D eigenvalue weighted by Gasteiger charge is 2.24. The zero-order valence-corrected chi connectivity index (χ0v) is 22.6. The Morgan fingerprint density at radius 3 is 2.63 bits per heavy atom. The lowest BCUT2D eigenvalue weighted by Crippen LogP contribution is -2.38. The van der Waals surface area contributed by atoms with Gasteiger partial charge in [-0.3, -0.25) is 4.79 Å². The van der Waals surface area contributed by atoms with Crippen LogP contribution in [0.2, 0.25) is 0 Å². The number of aromatic nitrogens is 3. The number of pyridine rings is 1. The van der Waals surface area contributed by atoms with Crippen LogP contribution in [-0.2, 0) is 11.8 Å². The largest absolute Gasteiger partial charge is 0.457 e. The Bertz CT molecular complexity index is 1420. The quantitative estimate of drug-likeness (QED) is 0.288. The predicted molar refractivity (Wildman–Crippen MR) is 152 cm³/mol. The summed E-state index contributed by atoms with van der Waals surface area (Å²) in [4.78, 5) is 24.3. The molecule has 4 aromatic rings. The molecule has 8 heteroatoms. The van der Waals surface area contributed by atoms with Crippen LogP contribution in [0, 0.1) is 5.92 Å². The normalized spacial score (nSPS) is 14.7. The van der Waals surface area contributed by atoms with Crippen molar-refractivity contribution in [3.8, 4) is 11.5 Å². The summed E-state index contributed by atoms with van der Waals surface area (Å²) in [5.41, 5.74) is 4.11. The summed E-state index contributed by atoms with van der Waals surface area (Å²) < 4.78 is 8.16. The van der Waals surface area contributed by atoms with E-state index < -0.39 is 0 Å². The molecule has 0 radical (unpaired) electrons. The average Bonchev–Trinajstić information content (AvgIpc) is 3.23. The number of amides is 1. The first-order valence-corrected chi connectivity index (χ1v) is 13.4. The number of carbonyl (C=O) groups excluding carboxylic acids is 1. The first kappa shape index (κ1) is 25.7. The summed E-state index contributed by atoms with van der Waals surface area (Å²) in [5.74, 6) is 3.04. The first-order chi connectivity index (χ1) is 18.4. The molecule has 0 saturated carbocycles. The van der Waals surface area contributed by atoms with Gasteiger partial charge in [-0.05, 0) is 74.3 Å². The van der Waals surface area contributed by atoms with Gasteiger partial charge in [0.2, 0.25) is 11.9 Å². The molecule has 0 bridgehead atoms. The lowest BCUT2D eigenvalue weighted by molar-refractivity contribution is -0.121. The van der Waals surface area contributed by atoms with Crippen molar-refractivity contribution in [2.75, 3.05) is 30.3 Å². The molecule has 1 saturated heterocycles. The second-order valence-corrected chi connectivity index (χ2v) is 10.2. The Balaban J connectivity index is 1.27. The van der Waals surface area contributed by atoms with Gasteiger partial charge in [0.1, 0.15) is 17.3 Å². The molecule has 2 aromatic carbocycles. The molecule has 0 aliphatic carbocycles. The molecule has 0 unspecified atom stereocenters. The number of anilines is 3. The Morgan fingerprint density at radius 2 is 1.87 bits per heavy atom. The second-order valence-electron chi connectivity index (χ2n) is 10.2. The molecule has 2 aromatic heterocycles. The minimum Gasteiger partial charge on any atom is -0.457 e. The zero-order valence-electron chi connectivity index (χ0n) is 22.6. The van der Waals surface area contributed by atoms with Gasteiger partial charge in [0.15, 0.2) is 0 Å². The minimum atomic E-state index is 0.0198. The van der Waals surface area contributed by atoms with E-state index in [1.54, 1.807) is 18.3 Å². The molecule has 1 fully saturated rings. The number of hydrogen-bond acceptors (Lipinski definition) is 6. The van der Waals surface area contributed by atoms with Crippen molar-refractivity contribution in [1.82, 2.24) is 19.4 Å². The molecular weight excluding hydrogens is 476 g/mol. The number of rotatable bonds is 8. The van der Waals surface area contributed by atoms with Crippen LogP contribution in [0.15, 0.2) is 60.8 Å². The average molecular weight is 513 g/mol. The number of hydrogen-bond donors (Lipinski definition) is 2. The van der Waals surface area contributed by atoms with Crippen molar-refractivity contribution in [3.63, 3.8) is 0 Å². The standard InChI is InChI=1S/C30H36N6O2/c1-5-36-15-12-21(13-16-36)29(37)34-28-19-25(11-14-31-28)38-24-9-10-27-26(18-24)33-30(35(27)4)32-23-8-6-7-22(17-23)20(2)3/h6-11,14,17-21H,5,12-13,15-16H2,1-4H3,(H,32,33)(H,31,34,37). The van der Waals surface area contributed by atoms with E-state index in [2.05, 4.69) is 59.5 Å². The van der Waals surface area contributed by atoms with Gasteiger partial charge in [-0.1, -0.05) is 32.9 Å². The SMILES string of the molecule is CCN1CCC(C(=O)Nc2cc(Oc3ccc4c(c3)nc(Nc3cccc(C(C)C)c3)n4C)ccn2)CC1. The highest BCUT2D eigenvalue weighted by atomic mass is 16.5. The number of ether oxygens (including phenoxy) is 1.